The van der Waals surface area contributed by atoms with Crippen LogP contribution in [0.5, 0.6) is 0 Å². The number of nitrogens with zero attached hydrogens (tertiary/aromatic N) is 4. The number of alkyl carbamates (subject to hydrolysis) is 1. The Morgan fingerprint density at radius 2 is 2.00 bits per heavy atom. The molecule has 1 aliphatic rings. The smallest absolute Gasteiger partial charge is 0.407 e. The highest BCUT2D eigenvalue weighted by Gasteiger charge is 2.28. The van der Waals surface area contributed by atoms with Gasteiger partial charge in [-0.25, -0.2) is 19.4 Å². The van der Waals surface area contributed by atoms with Gasteiger partial charge in [0.05, 0.1) is 11.4 Å². The van der Waals surface area contributed by atoms with E-state index in [0.717, 1.165) is 36.7 Å². The number of anilines is 1. The zero-order valence-electron chi connectivity index (χ0n) is 14.6. The van der Waals surface area contributed by atoms with Crippen molar-refractivity contribution in [2.75, 3.05) is 5.73 Å². The summed E-state index contributed by atoms with van der Waals surface area (Å²) < 4.78 is 7.90. The van der Waals surface area contributed by atoms with Crippen LogP contribution in [0, 0.1) is 0 Å². The Balaban J connectivity index is 1.65. The molecule has 3 rings (SSSR count). The van der Waals surface area contributed by atoms with Crippen molar-refractivity contribution in [1.82, 2.24) is 25.1 Å². The second-order valence-electron chi connectivity index (χ2n) is 7.34. The fourth-order valence-corrected chi connectivity index (χ4v) is 3.70. The number of nitrogens with one attached hydrogen (secondary N) is 1. The fraction of sp³-hybridized carbons (Fsp3) is 0.625. The van der Waals surface area contributed by atoms with Gasteiger partial charge in [0.25, 0.3) is 0 Å². The molecule has 9 heteroatoms. The quantitative estimate of drug-likeness (QED) is 0.786. The third kappa shape index (κ3) is 4.02. The van der Waals surface area contributed by atoms with Crippen LogP contribution in [0.3, 0.4) is 0 Å². The molecular formula is C16H23BrN6O2. The molecule has 0 radical (unpaired) electrons. The van der Waals surface area contributed by atoms with E-state index < -0.39 is 5.60 Å². The predicted octanol–water partition coefficient (Wildman–Crippen LogP) is 3.18. The molecule has 8 nitrogen and oxygen atoms in total. The molecule has 2 aromatic heterocycles. The van der Waals surface area contributed by atoms with Crippen LogP contribution in [0.15, 0.2) is 10.9 Å². The van der Waals surface area contributed by atoms with Gasteiger partial charge in [-0.05, 0) is 62.4 Å². The lowest BCUT2D eigenvalue weighted by atomic mass is 9.91. The number of nitrogens with two attached hydrogens (primary N) is 1. The van der Waals surface area contributed by atoms with Gasteiger partial charge in [-0.15, -0.1) is 0 Å². The van der Waals surface area contributed by atoms with Gasteiger partial charge < -0.3 is 15.8 Å². The number of hydrogen-bond donors (Lipinski definition) is 2. The van der Waals surface area contributed by atoms with Crippen molar-refractivity contribution < 1.29 is 9.53 Å². The molecule has 0 atom stereocenters. The number of rotatable bonds is 2. The monoisotopic (exact) mass is 410 g/mol. The van der Waals surface area contributed by atoms with E-state index >= 15 is 0 Å². The lowest BCUT2D eigenvalue weighted by molar-refractivity contribution is 0.0487. The molecule has 136 valence electrons. The summed E-state index contributed by atoms with van der Waals surface area (Å²) in [6.07, 6.45) is 4.62. The molecule has 3 N–H and O–H groups in total. The van der Waals surface area contributed by atoms with Gasteiger partial charge in [0.1, 0.15) is 22.3 Å². The fourth-order valence-electron chi connectivity index (χ4n) is 3.15. The molecule has 2 aromatic rings. The van der Waals surface area contributed by atoms with Crippen molar-refractivity contribution in [3.63, 3.8) is 0 Å². The first kappa shape index (κ1) is 17.9. The average Bonchev–Trinajstić information content (AvgIpc) is 2.84. The van der Waals surface area contributed by atoms with E-state index in [1.54, 1.807) is 0 Å². The molecule has 0 aromatic carbocycles. The molecule has 0 unspecified atom stereocenters. The topological polar surface area (TPSA) is 108 Å². The summed E-state index contributed by atoms with van der Waals surface area (Å²) in [5.41, 5.74) is 6.19. The molecule has 1 amide bonds. The summed E-state index contributed by atoms with van der Waals surface area (Å²) in [6, 6.07) is 0.343. The van der Waals surface area contributed by atoms with Crippen molar-refractivity contribution in [3.8, 4) is 0 Å². The third-order valence-corrected chi connectivity index (χ3v) is 4.79. The Morgan fingerprint density at radius 3 is 2.64 bits per heavy atom. The highest BCUT2D eigenvalue weighted by Crippen LogP contribution is 2.34. The Bertz CT molecular complexity index is 777. The van der Waals surface area contributed by atoms with E-state index in [2.05, 4.69) is 36.3 Å². The number of ether oxygens (including phenoxy) is 1. The van der Waals surface area contributed by atoms with Crippen LogP contribution in [0.4, 0.5) is 10.6 Å². The van der Waals surface area contributed by atoms with E-state index in [9.17, 15) is 4.79 Å². The van der Waals surface area contributed by atoms with Crippen LogP contribution >= 0.6 is 15.9 Å². The van der Waals surface area contributed by atoms with E-state index in [1.807, 2.05) is 25.5 Å². The summed E-state index contributed by atoms with van der Waals surface area (Å²) >= 11 is 3.44. The molecular weight excluding hydrogens is 388 g/mol. The van der Waals surface area contributed by atoms with Crippen LogP contribution in [-0.4, -0.2) is 37.5 Å². The Morgan fingerprint density at radius 1 is 1.32 bits per heavy atom. The van der Waals surface area contributed by atoms with Crippen LogP contribution in [-0.2, 0) is 4.74 Å². The minimum absolute atomic E-state index is 0.121. The number of hydrogen-bond acceptors (Lipinski definition) is 6. The molecule has 1 aliphatic carbocycles. The van der Waals surface area contributed by atoms with Crippen LogP contribution in [0.1, 0.15) is 52.5 Å². The van der Waals surface area contributed by atoms with Gasteiger partial charge in [0, 0.05) is 6.04 Å². The lowest BCUT2D eigenvalue weighted by Gasteiger charge is -2.30. The first-order valence-electron chi connectivity index (χ1n) is 8.38. The van der Waals surface area contributed by atoms with Crippen molar-refractivity contribution >= 4 is 38.9 Å². The molecule has 2 heterocycles. The Hall–Kier alpha value is -1.90. The summed E-state index contributed by atoms with van der Waals surface area (Å²) in [5, 5.41) is 8.25. The average molecular weight is 411 g/mol. The van der Waals surface area contributed by atoms with Gasteiger partial charge in [-0.1, -0.05) is 0 Å². The predicted molar refractivity (Wildman–Crippen MR) is 98.1 cm³/mol. The summed E-state index contributed by atoms with van der Waals surface area (Å²) in [5.74, 6) is 0.420. The largest absolute Gasteiger partial charge is 0.444 e. The van der Waals surface area contributed by atoms with Gasteiger partial charge in [-0.2, -0.15) is 5.10 Å². The highest BCUT2D eigenvalue weighted by molar-refractivity contribution is 9.10. The van der Waals surface area contributed by atoms with Gasteiger partial charge in [0.2, 0.25) is 0 Å². The van der Waals surface area contributed by atoms with E-state index in [4.69, 9.17) is 10.5 Å². The summed E-state index contributed by atoms with van der Waals surface area (Å²) in [4.78, 5) is 20.3. The number of aromatic nitrogens is 4. The van der Waals surface area contributed by atoms with Crippen molar-refractivity contribution in [2.45, 2.75) is 64.1 Å². The lowest BCUT2D eigenvalue weighted by Crippen LogP contribution is -2.41. The number of fused-ring (bicyclic) bond motifs is 1. The van der Waals surface area contributed by atoms with Crippen molar-refractivity contribution in [1.29, 1.82) is 0 Å². The third-order valence-electron chi connectivity index (χ3n) is 4.24. The van der Waals surface area contributed by atoms with Gasteiger partial charge in [-0.3, -0.25) is 0 Å². The summed E-state index contributed by atoms with van der Waals surface area (Å²) in [7, 11) is 0. The first-order chi connectivity index (χ1) is 11.7. The Kier molecular flexibility index (Phi) is 4.86. The van der Waals surface area contributed by atoms with Crippen LogP contribution < -0.4 is 11.1 Å². The van der Waals surface area contributed by atoms with Crippen molar-refractivity contribution in [2.24, 2.45) is 0 Å². The highest BCUT2D eigenvalue weighted by atomic mass is 79.9. The Labute approximate surface area is 154 Å². The molecule has 1 fully saturated rings. The van der Waals surface area contributed by atoms with E-state index in [0.29, 0.717) is 10.4 Å². The SMILES string of the molecule is CC(C)(C)OC(=O)NC1CCC(n2nc(Br)c3c(N)ncnc32)CC1. The standard InChI is InChI=1S/C16H23BrN6O2/c1-16(2,3)25-15(24)21-9-4-6-10(7-5-9)23-14-11(12(17)22-23)13(18)19-8-20-14/h8-10H,4-7H2,1-3H3,(H,21,24)(H2,18,19,20). The number of carbonyl (C=O) groups excluding carboxylic acids is 1. The van der Waals surface area contributed by atoms with E-state index in [-0.39, 0.29) is 18.2 Å². The van der Waals surface area contributed by atoms with Crippen LogP contribution in [0.2, 0.25) is 0 Å². The van der Waals surface area contributed by atoms with E-state index in [1.165, 1.54) is 6.33 Å². The van der Waals surface area contributed by atoms with Gasteiger partial charge in [0.15, 0.2) is 5.65 Å². The molecule has 0 saturated heterocycles. The second-order valence-corrected chi connectivity index (χ2v) is 8.10. The summed E-state index contributed by atoms with van der Waals surface area (Å²) in [6.45, 7) is 5.58. The zero-order valence-corrected chi connectivity index (χ0v) is 16.2. The first-order valence-corrected chi connectivity index (χ1v) is 9.17. The number of carbonyl (C=O) groups is 1. The van der Waals surface area contributed by atoms with Gasteiger partial charge >= 0.3 is 6.09 Å². The zero-order chi connectivity index (χ0) is 18.2. The molecule has 0 spiro atoms. The van der Waals surface area contributed by atoms with Crippen LogP contribution in [0.25, 0.3) is 11.0 Å². The maximum atomic E-state index is 11.9. The number of amides is 1. The minimum Gasteiger partial charge on any atom is -0.444 e. The number of nitrogen functional groups attached to an aromatic ring is 1. The molecule has 1 saturated carbocycles. The normalized spacial score (nSPS) is 21.3. The molecule has 0 bridgehead atoms. The number of halogens is 1. The molecule has 0 aliphatic heterocycles. The maximum absolute atomic E-state index is 11.9. The minimum atomic E-state index is -0.485. The maximum Gasteiger partial charge on any atom is 0.407 e. The second kappa shape index (κ2) is 6.78. The molecule has 25 heavy (non-hydrogen) atoms. The van der Waals surface area contributed by atoms with Crippen molar-refractivity contribution in [3.05, 3.63) is 10.9 Å².